The number of carbonyl (C=O) groups excluding carboxylic acids is 2. The van der Waals surface area contributed by atoms with E-state index in [2.05, 4.69) is 10.6 Å². The van der Waals surface area contributed by atoms with Crippen molar-refractivity contribution >= 4 is 24.2 Å². The Kier molecular flexibility index (Phi) is 7.63. The molecule has 0 spiro atoms. The number of halogens is 2. The number of amides is 2. The number of nitrogens with zero attached hydrogens (tertiary/aromatic N) is 1. The highest BCUT2D eigenvalue weighted by Gasteiger charge is 2.40. The van der Waals surface area contributed by atoms with Gasteiger partial charge in [-0.1, -0.05) is 18.2 Å². The first-order valence-corrected chi connectivity index (χ1v) is 7.97. The Morgan fingerprint density at radius 2 is 1.96 bits per heavy atom. The zero-order chi connectivity index (χ0) is 17.0. The molecule has 1 aromatic rings. The standard InChI is InChI=1S/C17H24FN3O2.ClH/c1-11(2)20-16(22)14-9-6-10-21(14)15(17(23)19-3)12-7-4-5-8-13(12)18;/h4-5,7-8,11,14-15H,6,9-10H2,1-3H3,(H,19,23)(H,20,22);1H/t14-,15+;/m0./s1. The molecule has 1 fully saturated rings. The van der Waals surface area contributed by atoms with Crippen molar-refractivity contribution in [1.29, 1.82) is 0 Å². The van der Waals surface area contributed by atoms with E-state index in [9.17, 15) is 14.0 Å². The van der Waals surface area contributed by atoms with Crippen molar-refractivity contribution in [3.8, 4) is 0 Å². The fourth-order valence-electron chi connectivity index (χ4n) is 3.06. The lowest BCUT2D eigenvalue weighted by molar-refractivity contribution is -0.131. The van der Waals surface area contributed by atoms with Crippen LogP contribution in [0.4, 0.5) is 4.39 Å². The summed E-state index contributed by atoms with van der Waals surface area (Å²) in [6, 6.07) is 5.04. The SMILES string of the molecule is CNC(=O)[C@@H](c1ccccc1F)N1CCC[C@H]1C(=O)NC(C)C.Cl. The van der Waals surface area contributed by atoms with Crippen LogP contribution in [0.25, 0.3) is 0 Å². The molecule has 7 heteroatoms. The summed E-state index contributed by atoms with van der Waals surface area (Å²) in [5.41, 5.74) is 0.302. The Balaban J connectivity index is 0.00000288. The van der Waals surface area contributed by atoms with Crippen molar-refractivity contribution in [3.05, 3.63) is 35.6 Å². The highest BCUT2D eigenvalue weighted by molar-refractivity contribution is 5.86. The van der Waals surface area contributed by atoms with Gasteiger partial charge in [-0.25, -0.2) is 4.39 Å². The van der Waals surface area contributed by atoms with Crippen molar-refractivity contribution in [1.82, 2.24) is 15.5 Å². The number of hydrogen-bond acceptors (Lipinski definition) is 3. The molecule has 2 amide bonds. The number of likely N-dealkylation sites (N-methyl/N-ethyl adjacent to an activating group) is 1. The van der Waals surface area contributed by atoms with Crippen molar-refractivity contribution in [2.24, 2.45) is 0 Å². The van der Waals surface area contributed by atoms with Gasteiger partial charge in [0.05, 0.1) is 6.04 Å². The highest BCUT2D eigenvalue weighted by atomic mass is 35.5. The summed E-state index contributed by atoms with van der Waals surface area (Å²) in [6.45, 7) is 4.37. The van der Waals surface area contributed by atoms with E-state index in [1.165, 1.54) is 13.1 Å². The van der Waals surface area contributed by atoms with Gasteiger partial charge in [-0.05, 0) is 32.8 Å². The fraction of sp³-hybridized carbons (Fsp3) is 0.529. The molecule has 24 heavy (non-hydrogen) atoms. The van der Waals surface area contributed by atoms with E-state index in [0.29, 0.717) is 18.5 Å². The molecule has 5 nitrogen and oxygen atoms in total. The maximum atomic E-state index is 14.2. The zero-order valence-corrected chi connectivity index (χ0v) is 15.0. The molecule has 134 valence electrons. The van der Waals surface area contributed by atoms with Crippen molar-refractivity contribution < 1.29 is 14.0 Å². The minimum absolute atomic E-state index is 0. The second kappa shape index (κ2) is 8.99. The van der Waals surface area contributed by atoms with Crippen molar-refractivity contribution in [2.75, 3.05) is 13.6 Å². The van der Waals surface area contributed by atoms with E-state index in [1.807, 2.05) is 13.8 Å². The van der Waals surface area contributed by atoms with Gasteiger partial charge in [0.25, 0.3) is 0 Å². The quantitative estimate of drug-likeness (QED) is 0.847. The lowest BCUT2D eigenvalue weighted by Crippen LogP contribution is -2.49. The van der Waals surface area contributed by atoms with E-state index in [4.69, 9.17) is 0 Å². The third-order valence-corrected chi connectivity index (χ3v) is 4.05. The van der Waals surface area contributed by atoms with Crippen molar-refractivity contribution in [3.63, 3.8) is 0 Å². The molecule has 2 rings (SSSR count). The minimum Gasteiger partial charge on any atom is -0.358 e. The molecule has 2 atom stereocenters. The summed E-state index contributed by atoms with van der Waals surface area (Å²) in [4.78, 5) is 26.6. The highest BCUT2D eigenvalue weighted by Crippen LogP contribution is 2.31. The molecule has 0 aromatic heterocycles. The maximum absolute atomic E-state index is 14.2. The van der Waals surface area contributed by atoms with Crippen LogP contribution < -0.4 is 10.6 Å². The molecular weight excluding hydrogens is 333 g/mol. The Morgan fingerprint density at radius 3 is 2.54 bits per heavy atom. The molecule has 0 saturated carbocycles. The van der Waals surface area contributed by atoms with Gasteiger partial charge < -0.3 is 10.6 Å². The van der Waals surface area contributed by atoms with Gasteiger partial charge >= 0.3 is 0 Å². The third-order valence-electron chi connectivity index (χ3n) is 4.05. The van der Waals surface area contributed by atoms with Crippen LogP contribution in [-0.2, 0) is 9.59 Å². The smallest absolute Gasteiger partial charge is 0.241 e. The predicted octanol–water partition coefficient (Wildman–Crippen LogP) is 2.02. The molecule has 2 N–H and O–H groups in total. The molecular formula is C17H25ClFN3O2. The van der Waals surface area contributed by atoms with Crippen LogP contribution in [0.2, 0.25) is 0 Å². The van der Waals surface area contributed by atoms with E-state index in [1.54, 1.807) is 23.1 Å². The second-order valence-corrected chi connectivity index (χ2v) is 6.10. The Morgan fingerprint density at radius 1 is 1.29 bits per heavy atom. The lowest BCUT2D eigenvalue weighted by atomic mass is 10.0. The molecule has 1 aliphatic heterocycles. The summed E-state index contributed by atoms with van der Waals surface area (Å²) in [5, 5.41) is 5.48. The van der Waals surface area contributed by atoms with Crippen LogP contribution in [0.15, 0.2) is 24.3 Å². The molecule has 0 bridgehead atoms. The Hall–Kier alpha value is -1.66. The zero-order valence-electron chi connectivity index (χ0n) is 14.2. The number of nitrogens with one attached hydrogen (secondary N) is 2. The van der Waals surface area contributed by atoms with Crippen LogP contribution in [0.1, 0.15) is 38.3 Å². The molecule has 1 aromatic carbocycles. The van der Waals surface area contributed by atoms with E-state index < -0.39 is 17.9 Å². The summed E-state index contributed by atoms with van der Waals surface area (Å²) < 4.78 is 14.2. The van der Waals surface area contributed by atoms with E-state index >= 15 is 0 Å². The Labute approximate surface area is 148 Å². The summed E-state index contributed by atoms with van der Waals surface area (Å²) in [6.07, 6.45) is 1.47. The van der Waals surface area contributed by atoms with Crippen LogP contribution in [-0.4, -0.2) is 42.4 Å². The summed E-state index contributed by atoms with van der Waals surface area (Å²) in [5.74, 6) is -0.849. The Bertz CT molecular complexity index is 583. The summed E-state index contributed by atoms with van der Waals surface area (Å²) >= 11 is 0. The van der Waals surface area contributed by atoms with Gasteiger partial charge in [0, 0.05) is 25.2 Å². The lowest BCUT2D eigenvalue weighted by Gasteiger charge is -2.32. The van der Waals surface area contributed by atoms with Crippen LogP contribution in [0, 0.1) is 5.82 Å². The number of likely N-dealkylation sites (tertiary alicyclic amines) is 1. The number of carbonyl (C=O) groups is 2. The third kappa shape index (κ3) is 4.45. The van der Waals surface area contributed by atoms with Gasteiger partial charge in [0.2, 0.25) is 11.8 Å². The van der Waals surface area contributed by atoms with Gasteiger partial charge in [-0.15, -0.1) is 12.4 Å². The first kappa shape index (κ1) is 20.4. The molecule has 0 aliphatic carbocycles. The molecule has 0 radical (unpaired) electrons. The van der Waals surface area contributed by atoms with Gasteiger partial charge in [-0.3, -0.25) is 14.5 Å². The average molecular weight is 358 g/mol. The van der Waals surface area contributed by atoms with Crippen LogP contribution in [0.3, 0.4) is 0 Å². The first-order chi connectivity index (χ1) is 11.0. The minimum atomic E-state index is -0.799. The van der Waals surface area contributed by atoms with Gasteiger partial charge in [0.1, 0.15) is 11.9 Å². The molecule has 1 saturated heterocycles. The number of hydrogen-bond donors (Lipinski definition) is 2. The normalized spacial score (nSPS) is 18.8. The van der Waals surface area contributed by atoms with Gasteiger partial charge in [0.15, 0.2) is 0 Å². The molecule has 1 heterocycles. The fourth-order valence-corrected chi connectivity index (χ4v) is 3.06. The first-order valence-electron chi connectivity index (χ1n) is 7.97. The van der Waals surface area contributed by atoms with Gasteiger partial charge in [-0.2, -0.15) is 0 Å². The molecule has 1 aliphatic rings. The van der Waals surface area contributed by atoms with Crippen LogP contribution in [0.5, 0.6) is 0 Å². The number of rotatable bonds is 5. The average Bonchev–Trinajstić information content (AvgIpc) is 2.98. The maximum Gasteiger partial charge on any atom is 0.241 e. The largest absolute Gasteiger partial charge is 0.358 e. The summed E-state index contributed by atoms with van der Waals surface area (Å²) in [7, 11) is 1.52. The van der Waals surface area contributed by atoms with Crippen LogP contribution >= 0.6 is 12.4 Å². The topological polar surface area (TPSA) is 61.4 Å². The van der Waals surface area contributed by atoms with E-state index in [0.717, 1.165) is 6.42 Å². The predicted molar refractivity (Wildman–Crippen MR) is 93.5 cm³/mol. The monoisotopic (exact) mass is 357 g/mol. The van der Waals surface area contributed by atoms with Crippen molar-refractivity contribution in [2.45, 2.75) is 44.8 Å². The number of benzene rings is 1. The van der Waals surface area contributed by atoms with E-state index in [-0.39, 0.29) is 30.3 Å². The second-order valence-electron chi connectivity index (χ2n) is 6.10. The molecule has 0 unspecified atom stereocenters.